The largest absolute Gasteiger partial charge is 0.382 e. The molecule has 0 aliphatic rings. The molecule has 2 aromatic heterocycles. The van der Waals surface area contributed by atoms with Crippen LogP contribution in [0.25, 0.3) is 11.0 Å². The fourth-order valence-corrected chi connectivity index (χ4v) is 2.10. The minimum absolute atomic E-state index is 0. The van der Waals surface area contributed by atoms with Crippen LogP contribution in [-0.4, -0.2) is 21.4 Å². The van der Waals surface area contributed by atoms with Gasteiger partial charge in [0.15, 0.2) is 0 Å². The Kier molecular flexibility index (Phi) is 6.21. The zero-order valence-corrected chi connectivity index (χ0v) is 14.5. The molecule has 2 rings (SSSR count). The van der Waals surface area contributed by atoms with Crippen molar-refractivity contribution >= 4 is 22.5 Å². The number of anilines is 1. The summed E-state index contributed by atoms with van der Waals surface area (Å²) >= 11 is 0. The monoisotopic (exact) mass is 469 g/mol. The van der Waals surface area contributed by atoms with E-state index in [0.717, 1.165) is 12.2 Å². The first kappa shape index (κ1) is 17.5. The molecule has 0 atom stereocenters. The molecule has 0 radical (unpaired) electrons. The molecule has 116 valence electrons. The van der Waals surface area contributed by atoms with Gasteiger partial charge in [0.05, 0.1) is 11.3 Å². The van der Waals surface area contributed by atoms with E-state index in [0.29, 0.717) is 28.9 Å². The van der Waals surface area contributed by atoms with Crippen molar-refractivity contribution in [3.63, 3.8) is 0 Å². The van der Waals surface area contributed by atoms with Gasteiger partial charge in [0.1, 0.15) is 5.52 Å². The second kappa shape index (κ2) is 7.45. The second-order valence-electron chi connectivity index (χ2n) is 5.05. The van der Waals surface area contributed by atoms with Crippen molar-refractivity contribution in [2.24, 2.45) is 5.92 Å². The van der Waals surface area contributed by atoms with Crippen LogP contribution in [0.4, 0.5) is 11.5 Å². The Morgan fingerprint density at radius 1 is 1.43 bits per heavy atom. The molecular formula is C14H18N4O2Pt. The fourth-order valence-electron chi connectivity index (χ4n) is 2.10. The molecule has 2 aromatic rings. The Morgan fingerprint density at radius 3 is 2.71 bits per heavy atom. The first-order chi connectivity index (χ1) is 9.54. The number of aromatic nitrogens is 2. The maximum absolute atomic E-state index is 11.2. The molecule has 0 saturated heterocycles. The van der Waals surface area contributed by atoms with Crippen LogP contribution in [0.5, 0.6) is 0 Å². The van der Waals surface area contributed by atoms with Crippen molar-refractivity contribution in [2.75, 3.05) is 11.9 Å². The van der Waals surface area contributed by atoms with Gasteiger partial charge >= 0.3 is 5.82 Å². The van der Waals surface area contributed by atoms with Gasteiger partial charge in [-0.1, -0.05) is 20.8 Å². The number of pyridine rings is 2. The molecule has 0 bridgehead atoms. The number of rotatable bonds is 5. The number of nitro groups is 1. The average Bonchev–Trinajstić information content (AvgIpc) is 2.43. The smallest absolute Gasteiger partial charge is 0.369 e. The van der Waals surface area contributed by atoms with E-state index in [9.17, 15) is 10.1 Å². The van der Waals surface area contributed by atoms with E-state index < -0.39 is 4.92 Å². The predicted octanol–water partition coefficient (Wildman–Crippen LogP) is 3.17. The fraction of sp³-hybridized carbons (Fsp3) is 0.429. The normalized spacial score (nSPS) is 10.5. The van der Waals surface area contributed by atoms with Gasteiger partial charge in [0.25, 0.3) is 0 Å². The van der Waals surface area contributed by atoms with Crippen LogP contribution in [0, 0.1) is 16.0 Å². The molecule has 0 amide bonds. The van der Waals surface area contributed by atoms with Crippen molar-refractivity contribution in [1.82, 2.24) is 9.97 Å². The van der Waals surface area contributed by atoms with Crippen molar-refractivity contribution < 1.29 is 26.0 Å². The third-order valence-electron chi connectivity index (χ3n) is 3.03. The number of nitrogens with zero attached hydrogens (tertiary/aromatic N) is 3. The number of fused-ring (bicyclic) bond motifs is 1. The maximum Gasteiger partial charge on any atom is 0.369 e. The van der Waals surface area contributed by atoms with Gasteiger partial charge in [-0.15, -0.1) is 0 Å². The van der Waals surface area contributed by atoms with Gasteiger partial charge in [-0.2, -0.15) is 0 Å². The van der Waals surface area contributed by atoms with E-state index in [-0.39, 0.29) is 26.9 Å². The van der Waals surface area contributed by atoms with Gasteiger partial charge in [-0.3, -0.25) is 4.98 Å². The summed E-state index contributed by atoms with van der Waals surface area (Å²) in [6.07, 6.45) is 2.21. The molecule has 0 aliphatic heterocycles. The molecule has 0 fully saturated rings. The van der Waals surface area contributed by atoms with Crippen molar-refractivity contribution in [3.05, 3.63) is 34.0 Å². The van der Waals surface area contributed by atoms with Gasteiger partial charge in [-0.05, 0) is 34.4 Å². The van der Waals surface area contributed by atoms with Gasteiger partial charge in [0.2, 0.25) is 5.52 Å². The number of hydrogen-bond donors (Lipinski definition) is 1. The van der Waals surface area contributed by atoms with Crippen LogP contribution in [-0.2, 0) is 27.5 Å². The summed E-state index contributed by atoms with van der Waals surface area (Å²) in [6, 6.07) is 3.48. The second-order valence-corrected chi connectivity index (χ2v) is 5.05. The first-order valence-corrected chi connectivity index (χ1v) is 6.70. The summed E-state index contributed by atoms with van der Waals surface area (Å²) in [5.41, 5.74) is 2.58. The Hall–Kier alpha value is -1.55. The molecule has 21 heavy (non-hydrogen) atoms. The minimum Gasteiger partial charge on any atom is -0.382 e. The average molecular weight is 469 g/mol. The topological polar surface area (TPSA) is 81.0 Å². The zero-order valence-electron chi connectivity index (χ0n) is 12.2. The summed E-state index contributed by atoms with van der Waals surface area (Å²) in [6.45, 7) is 6.80. The van der Waals surface area contributed by atoms with Crippen LogP contribution >= 0.6 is 0 Å². The molecule has 0 spiro atoms. The number of hydrogen-bond acceptors (Lipinski definition) is 5. The van der Waals surface area contributed by atoms with E-state index >= 15 is 0 Å². The van der Waals surface area contributed by atoms with Crippen molar-refractivity contribution in [1.29, 1.82) is 0 Å². The summed E-state index contributed by atoms with van der Waals surface area (Å²) in [5, 5.41) is 14.5. The molecule has 0 aromatic carbocycles. The predicted molar refractivity (Wildman–Crippen MR) is 78.9 cm³/mol. The quantitative estimate of drug-likeness (QED) is 0.538. The van der Waals surface area contributed by atoms with Gasteiger partial charge in [0, 0.05) is 33.8 Å². The van der Waals surface area contributed by atoms with Crippen LogP contribution in [0.2, 0.25) is 0 Å². The number of nitrogens with one attached hydrogen (secondary N) is 1. The summed E-state index contributed by atoms with van der Waals surface area (Å²) in [4.78, 5) is 19.2. The SMILES string of the molecule is CCc1c([N+](=O)[O-])nc2cccnc2c1NCC(C)C.[Pt]. The zero-order chi connectivity index (χ0) is 14.7. The summed E-state index contributed by atoms with van der Waals surface area (Å²) in [5.74, 6) is 0.352. The summed E-state index contributed by atoms with van der Waals surface area (Å²) in [7, 11) is 0. The Morgan fingerprint density at radius 2 is 2.14 bits per heavy atom. The maximum atomic E-state index is 11.2. The summed E-state index contributed by atoms with van der Waals surface area (Å²) < 4.78 is 0. The molecule has 2 heterocycles. The van der Waals surface area contributed by atoms with E-state index in [1.165, 1.54) is 0 Å². The van der Waals surface area contributed by atoms with Crippen molar-refractivity contribution in [3.8, 4) is 0 Å². The molecule has 0 saturated carbocycles. The molecule has 6 nitrogen and oxygen atoms in total. The minimum atomic E-state index is -0.425. The van der Waals surface area contributed by atoms with Crippen LogP contribution in [0.15, 0.2) is 18.3 Å². The Bertz CT molecular complexity index is 646. The Labute approximate surface area is 137 Å². The molecule has 0 unspecified atom stereocenters. The molecular weight excluding hydrogens is 451 g/mol. The van der Waals surface area contributed by atoms with Crippen molar-refractivity contribution in [2.45, 2.75) is 27.2 Å². The van der Waals surface area contributed by atoms with E-state index in [2.05, 4.69) is 29.1 Å². The first-order valence-electron chi connectivity index (χ1n) is 6.70. The van der Waals surface area contributed by atoms with Crippen LogP contribution in [0.3, 0.4) is 0 Å². The third kappa shape index (κ3) is 3.76. The third-order valence-corrected chi connectivity index (χ3v) is 3.03. The van der Waals surface area contributed by atoms with Gasteiger partial charge < -0.3 is 15.4 Å². The standard InChI is InChI=1S/C14H18N4O2.Pt/c1-4-10-12(16-8-9(2)3)13-11(6-5-7-15-13)17-14(10)18(19)20;/h5-7,9H,4,8H2,1-3H3,(H,16,17);. The molecule has 1 N–H and O–H groups in total. The van der Waals surface area contributed by atoms with Crippen LogP contribution in [0.1, 0.15) is 26.3 Å². The Balaban J connectivity index is 0.00000220. The van der Waals surface area contributed by atoms with Gasteiger partial charge in [-0.25, -0.2) is 0 Å². The van der Waals surface area contributed by atoms with E-state index in [4.69, 9.17) is 0 Å². The van der Waals surface area contributed by atoms with E-state index in [1.807, 2.05) is 6.92 Å². The van der Waals surface area contributed by atoms with Crippen LogP contribution < -0.4 is 5.32 Å². The molecule has 7 heteroatoms. The van der Waals surface area contributed by atoms with E-state index in [1.54, 1.807) is 18.3 Å². The molecule has 0 aliphatic carbocycles.